The van der Waals surface area contributed by atoms with E-state index in [2.05, 4.69) is 19.9 Å². The van der Waals surface area contributed by atoms with Crippen molar-refractivity contribution in [2.45, 2.75) is 6.61 Å². The highest BCUT2D eigenvalue weighted by atomic mass is 19.3. The summed E-state index contributed by atoms with van der Waals surface area (Å²) < 4.78 is 45.6. The van der Waals surface area contributed by atoms with E-state index in [1.54, 1.807) is 24.3 Å². The molecule has 3 rings (SSSR count). The Hall–Kier alpha value is -4.28. The standard InChI is InChI=1S/C21H17F2N3O6/c1-28-20(27)19(26-29-2)13-6-5-7-14(10-13)30-17-11-18(25-12-24-17)31-15-8-3-4-9-16(15)32-21(22)23/h3-12,21H,1-2H3/b26-19+. The van der Waals surface area contributed by atoms with E-state index < -0.39 is 12.6 Å². The van der Waals surface area contributed by atoms with Crippen molar-refractivity contribution in [1.29, 1.82) is 0 Å². The molecule has 32 heavy (non-hydrogen) atoms. The fraction of sp³-hybridized carbons (Fsp3) is 0.143. The lowest BCUT2D eigenvalue weighted by Crippen LogP contribution is -2.17. The predicted octanol–water partition coefficient (Wildman–Crippen LogP) is 4.19. The first-order chi connectivity index (χ1) is 15.5. The van der Waals surface area contributed by atoms with Gasteiger partial charge in [0.1, 0.15) is 19.2 Å². The van der Waals surface area contributed by atoms with E-state index in [1.807, 2.05) is 0 Å². The van der Waals surface area contributed by atoms with Crippen molar-refractivity contribution in [3.63, 3.8) is 0 Å². The second kappa shape index (κ2) is 10.7. The van der Waals surface area contributed by atoms with Crippen LogP contribution in [0.1, 0.15) is 5.56 Å². The summed E-state index contributed by atoms with van der Waals surface area (Å²) in [4.78, 5) is 24.6. The normalized spacial score (nSPS) is 11.1. The third-order valence-electron chi connectivity index (χ3n) is 3.79. The molecule has 1 aromatic heterocycles. The smallest absolute Gasteiger partial charge is 0.387 e. The number of esters is 1. The van der Waals surface area contributed by atoms with Crippen molar-refractivity contribution in [3.8, 4) is 29.0 Å². The van der Waals surface area contributed by atoms with E-state index in [-0.39, 0.29) is 29.0 Å². The summed E-state index contributed by atoms with van der Waals surface area (Å²) in [7, 11) is 2.52. The Labute approximate surface area is 181 Å². The lowest BCUT2D eigenvalue weighted by Gasteiger charge is -2.11. The molecule has 0 atom stereocenters. The molecule has 0 unspecified atom stereocenters. The number of alkyl halides is 2. The molecule has 0 saturated heterocycles. The monoisotopic (exact) mass is 445 g/mol. The van der Waals surface area contributed by atoms with Crippen LogP contribution in [0.4, 0.5) is 8.78 Å². The Balaban J connectivity index is 1.80. The molecule has 0 N–H and O–H groups in total. The fourth-order valence-electron chi connectivity index (χ4n) is 2.50. The quantitative estimate of drug-likeness (QED) is 0.275. The average molecular weight is 445 g/mol. The maximum atomic E-state index is 12.6. The first-order valence-electron chi connectivity index (χ1n) is 9.01. The predicted molar refractivity (Wildman–Crippen MR) is 107 cm³/mol. The molecular formula is C21H17F2N3O6. The van der Waals surface area contributed by atoms with Gasteiger partial charge in [0, 0.05) is 5.56 Å². The number of oxime groups is 1. The van der Waals surface area contributed by atoms with Crippen LogP contribution in [0.5, 0.6) is 29.0 Å². The highest BCUT2D eigenvalue weighted by molar-refractivity contribution is 6.43. The van der Waals surface area contributed by atoms with Crippen LogP contribution < -0.4 is 14.2 Å². The van der Waals surface area contributed by atoms with Gasteiger partial charge in [-0.25, -0.2) is 14.8 Å². The molecule has 0 saturated carbocycles. The second-order valence-electron chi connectivity index (χ2n) is 5.87. The second-order valence-corrected chi connectivity index (χ2v) is 5.87. The van der Waals surface area contributed by atoms with Crippen molar-refractivity contribution in [1.82, 2.24) is 9.97 Å². The molecule has 0 fully saturated rings. The molecule has 0 bridgehead atoms. The summed E-state index contributed by atoms with van der Waals surface area (Å²) in [6.07, 6.45) is 1.18. The number of aromatic nitrogens is 2. The number of carbonyl (C=O) groups excluding carboxylic acids is 1. The summed E-state index contributed by atoms with van der Waals surface area (Å²) in [6, 6.07) is 13.7. The summed E-state index contributed by atoms with van der Waals surface area (Å²) in [5.74, 6) is -0.343. The fourth-order valence-corrected chi connectivity index (χ4v) is 2.50. The lowest BCUT2D eigenvalue weighted by molar-refractivity contribution is -0.132. The van der Waals surface area contributed by atoms with E-state index in [9.17, 15) is 13.6 Å². The Morgan fingerprint density at radius 2 is 1.66 bits per heavy atom. The van der Waals surface area contributed by atoms with Gasteiger partial charge in [-0.2, -0.15) is 8.78 Å². The minimum atomic E-state index is -3.01. The molecule has 0 amide bonds. The van der Waals surface area contributed by atoms with Gasteiger partial charge in [-0.1, -0.05) is 29.4 Å². The van der Waals surface area contributed by atoms with Crippen molar-refractivity contribution in [2.24, 2.45) is 5.16 Å². The molecule has 11 heteroatoms. The number of benzene rings is 2. The Morgan fingerprint density at radius 1 is 0.938 bits per heavy atom. The maximum absolute atomic E-state index is 12.6. The number of ether oxygens (including phenoxy) is 4. The third kappa shape index (κ3) is 5.88. The minimum absolute atomic E-state index is 0.0349. The highest BCUT2D eigenvalue weighted by Gasteiger charge is 2.17. The third-order valence-corrected chi connectivity index (χ3v) is 3.79. The number of carbonyl (C=O) groups is 1. The van der Waals surface area contributed by atoms with Gasteiger partial charge in [0.05, 0.1) is 13.2 Å². The number of halogens is 2. The largest absolute Gasteiger partial charge is 0.464 e. The summed E-state index contributed by atoms with van der Waals surface area (Å²) in [5.41, 5.74) is 0.336. The maximum Gasteiger partial charge on any atom is 0.387 e. The van der Waals surface area contributed by atoms with Crippen LogP contribution in [0.15, 0.2) is 66.1 Å². The van der Waals surface area contributed by atoms with E-state index >= 15 is 0 Å². The van der Waals surface area contributed by atoms with E-state index in [0.717, 1.165) is 0 Å². The summed E-state index contributed by atoms with van der Waals surface area (Å²) in [6.45, 7) is -3.01. The number of hydrogen-bond acceptors (Lipinski definition) is 9. The zero-order chi connectivity index (χ0) is 22.9. The van der Waals surface area contributed by atoms with Gasteiger partial charge >= 0.3 is 12.6 Å². The molecule has 0 radical (unpaired) electrons. The molecule has 0 aliphatic heterocycles. The lowest BCUT2D eigenvalue weighted by atomic mass is 10.1. The van der Waals surface area contributed by atoms with Gasteiger partial charge in [-0.3, -0.25) is 0 Å². The number of rotatable bonds is 9. The van der Waals surface area contributed by atoms with Gasteiger partial charge in [0.15, 0.2) is 17.2 Å². The van der Waals surface area contributed by atoms with E-state index in [0.29, 0.717) is 11.3 Å². The van der Waals surface area contributed by atoms with Gasteiger partial charge in [-0.15, -0.1) is 0 Å². The van der Waals surface area contributed by atoms with Crippen molar-refractivity contribution in [3.05, 3.63) is 66.5 Å². The van der Waals surface area contributed by atoms with Gasteiger partial charge in [0.25, 0.3) is 0 Å². The zero-order valence-electron chi connectivity index (χ0n) is 16.9. The SMILES string of the molecule is CO/N=C(/C(=O)OC)c1cccc(Oc2cc(Oc3ccccc3OC(F)F)ncn2)c1. The molecule has 0 spiro atoms. The van der Waals surface area contributed by atoms with Crippen molar-refractivity contribution < 1.29 is 37.4 Å². The van der Waals surface area contributed by atoms with Gasteiger partial charge in [-0.05, 0) is 24.3 Å². The van der Waals surface area contributed by atoms with Crippen molar-refractivity contribution in [2.75, 3.05) is 14.2 Å². The summed E-state index contributed by atoms with van der Waals surface area (Å²) >= 11 is 0. The Kier molecular flexibility index (Phi) is 7.46. The van der Waals surface area contributed by atoms with Gasteiger partial charge < -0.3 is 23.8 Å². The number of para-hydroxylation sites is 2. The number of methoxy groups -OCH3 is 1. The number of nitrogens with zero attached hydrogens (tertiary/aromatic N) is 3. The zero-order valence-corrected chi connectivity index (χ0v) is 16.9. The highest BCUT2D eigenvalue weighted by Crippen LogP contribution is 2.32. The van der Waals surface area contributed by atoms with E-state index in [1.165, 1.54) is 50.9 Å². The van der Waals surface area contributed by atoms with Crippen LogP contribution in [0, 0.1) is 0 Å². The van der Waals surface area contributed by atoms with Crippen LogP contribution in [0.3, 0.4) is 0 Å². The van der Waals surface area contributed by atoms with Crippen LogP contribution in [-0.2, 0) is 14.4 Å². The molecule has 0 aliphatic rings. The molecule has 166 valence electrons. The summed E-state index contributed by atoms with van der Waals surface area (Å²) in [5, 5.41) is 3.68. The Bertz CT molecular complexity index is 1110. The van der Waals surface area contributed by atoms with E-state index in [4.69, 9.17) is 19.0 Å². The molecular weight excluding hydrogens is 428 g/mol. The average Bonchev–Trinajstić information content (AvgIpc) is 2.78. The molecule has 0 aliphatic carbocycles. The van der Waals surface area contributed by atoms with Crippen molar-refractivity contribution >= 4 is 11.7 Å². The van der Waals surface area contributed by atoms with Crippen LogP contribution in [0.2, 0.25) is 0 Å². The Morgan fingerprint density at radius 3 is 2.34 bits per heavy atom. The van der Waals surface area contributed by atoms with Crippen LogP contribution >= 0.6 is 0 Å². The van der Waals surface area contributed by atoms with Crippen LogP contribution in [0.25, 0.3) is 0 Å². The molecule has 2 aromatic carbocycles. The minimum Gasteiger partial charge on any atom is -0.464 e. The van der Waals surface area contributed by atoms with Crippen LogP contribution in [-0.4, -0.2) is 42.5 Å². The molecule has 3 aromatic rings. The number of hydrogen-bond donors (Lipinski definition) is 0. The first kappa shape index (κ1) is 22.4. The molecule has 1 heterocycles. The van der Waals surface area contributed by atoms with Gasteiger partial charge in [0.2, 0.25) is 11.8 Å². The topological polar surface area (TPSA) is 101 Å². The molecule has 9 nitrogen and oxygen atoms in total. The first-order valence-corrected chi connectivity index (χ1v) is 9.01.